The van der Waals surface area contributed by atoms with Crippen LogP contribution >= 0.6 is 0 Å². The molecule has 0 saturated carbocycles. The van der Waals surface area contributed by atoms with E-state index in [1.54, 1.807) is 0 Å². The Bertz CT molecular complexity index is 255. The lowest BCUT2D eigenvalue weighted by atomic mass is 10.1. The van der Waals surface area contributed by atoms with E-state index < -0.39 is 0 Å². The van der Waals surface area contributed by atoms with Gasteiger partial charge in [0.05, 0.1) is 6.10 Å². The maximum absolute atomic E-state index is 9.93. The van der Waals surface area contributed by atoms with Crippen molar-refractivity contribution in [2.75, 3.05) is 39.3 Å². The van der Waals surface area contributed by atoms with E-state index in [4.69, 9.17) is 0 Å². The first-order valence-corrected chi connectivity index (χ1v) is 7.21. The summed E-state index contributed by atoms with van der Waals surface area (Å²) in [6.07, 6.45) is 5.31. The summed E-state index contributed by atoms with van der Waals surface area (Å²) in [6.45, 7) is 6.67. The fraction of sp³-hybridized carbons (Fsp3) is 1.00. The Hall–Kier alpha value is -0.160. The molecule has 98 valence electrons. The molecule has 2 N–H and O–H groups in total. The average Bonchev–Trinajstić information content (AvgIpc) is 2.98. The van der Waals surface area contributed by atoms with Crippen LogP contribution in [0.15, 0.2) is 0 Å². The minimum Gasteiger partial charge on any atom is -0.390 e. The molecule has 3 aliphatic rings. The topological polar surface area (TPSA) is 38.7 Å². The van der Waals surface area contributed by atoms with Gasteiger partial charge in [0.1, 0.15) is 0 Å². The molecule has 17 heavy (non-hydrogen) atoms. The molecule has 4 heteroatoms. The van der Waals surface area contributed by atoms with Gasteiger partial charge in [0.2, 0.25) is 0 Å². The Balaban J connectivity index is 1.54. The summed E-state index contributed by atoms with van der Waals surface area (Å²) in [5.41, 5.74) is 0. The third kappa shape index (κ3) is 2.50. The SMILES string of the molecule is OC1CNCC1N1CCC(N2CCCCC2)C1. The van der Waals surface area contributed by atoms with Crippen molar-refractivity contribution < 1.29 is 5.11 Å². The van der Waals surface area contributed by atoms with Gasteiger partial charge in [-0.2, -0.15) is 0 Å². The lowest BCUT2D eigenvalue weighted by Gasteiger charge is -2.33. The van der Waals surface area contributed by atoms with E-state index in [1.165, 1.54) is 51.9 Å². The first kappa shape index (κ1) is 11.9. The highest BCUT2D eigenvalue weighted by Crippen LogP contribution is 2.23. The quantitative estimate of drug-likeness (QED) is 0.705. The van der Waals surface area contributed by atoms with Crippen molar-refractivity contribution in [2.45, 2.75) is 43.9 Å². The molecule has 0 amide bonds. The van der Waals surface area contributed by atoms with E-state index in [9.17, 15) is 5.11 Å². The van der Waals surface area contributed by atoms with Crippen LogP contribution < -0.4 is 5.32 Å². The number of aliphatic hydroxyl groups excluding tert-OH is 1. The zero-order valence-electron chi connectivity index (χ0n) is 10.6. The molecule has 0 aromatic rings. The summed E-state index contributed by atoms with van der Waals surface area (Å²) in [7, 11) is 0. The number of aliphatic hydroxyl groups is 1. The van der Waals surface area contributed by atoms with Crippen molar-refractivity contribution in [1.82, 2.24) is 15.1 Å². The molecule has 0 bridgehead atoms. The second kappa shape index (κ2) is 5.22. The van der Waals surface area contributed by atoms with Crippen LogP contribution in [-0.4, -0.2) is 72.4 Å². The molecule has 0 radical (unpaired) electrons. The largest absolute Gasteiger partial charge is 0.390 e. The molecular formula is C13H25N3O. The normalized spacial score (nSPS) is 41.1. The van der Waals surface area contributed by atoms with Gasteiger partial charge in [-0.15, -0.1) is 0 Å². The Labute approximate surface area is 104 Å². The van der Waals surface area contributed by atoms with Crippen molar-refractivity contribution in [1.29, 1.82) is 0 Å². The summed E-state index contributed by atoms with van der Waals surface area (Å²) in [4.78, 5) is 5.18. The molecule has 3 heterocycles. The van der Waals surface area contributed by atoms with Crippen LogP contribution in [0.4, 0.5) is 0 Å². The third-order valence-corrected chi connectivity index (χ3v) is 4.72. The van der Waals surface area contributed by atoms with Crippen molar-refractivity contribution in [3.8, 4) is 0 Å². The summed E-state index contributed by atoms with van der Waals surface area (Å²) in [6, 6.07) is 1.12. The lowest BCUT2D eigenvalue weighted by molar-refractivity contribution is 0.0885. The second-order valence-electron chi connectivity index (χ2n) is 5.83. The summed E-state index contributed by atoms with van der Waals surface area (Å²) in [5, 5.41) is 13.2. The Morgan fingerprint density at radius 1 is 0.941 bits per heavy atom. The van der Waals surface area contributed by atoms with Crippen LogP contribution in [0.5, 0.6) is 0 Å². The molecule has 4 nitrogen and oxygen atoms in total. The molecule has 3 aliphatic heterocycles. The van der Waals surface area contributed by atoms with Gasteiger partial charge in [0.15, 0.2) is 0 Å². The predicted octanol–water partition coefficient (Wildman–Crippen LogP) is -0.121. The minimum absolute atomic E-state index is 0.157. The standard InChI is InChI=1S/C13H25N3O/c17-13-9-14-8-12(13)16-7-4-11(10-16)15-5-2-1-3-6-15/h11-14,17H,1-10H2. The lowest BCUT2D eigenvalue weighted by Crippen LogP contribution is -2.45. The zero-order valence-corrected chi connectivity index (χ0v) is 10.6. The highest BCUT2D eigenvalue weighted by Gasteiger charge is 2.36. The average molecular weight is 239 g/mol. The van der Waals surface area contributed by atoms with Gasteiger partial charge in [-0.3, -0.25) is 9.80 Å². The Morgan fingerprint density at radius 2 is 1.76 bits per heavy atom. The van der Waals surface area contributed by atoms with Gasteiger partial charge in [0.25, 0.3) is 0 Å². The number of piperidine rings is 1. The van der Waals surface area contributed by atoms with E-state index in [0.717, 1.165) is 19.1 Å². The molecule has 3 unspecified atom stereocenters. The van der Waals surface area contributed by atoms with Gasteiger partial charge in [-0.1, -0.05) is 6.42 Å². The number of hydrogen-bond acceptors (Lipinski definition) is 4. The molecule has 3 fully saturated rings. The highest BCUT2D eigenvalue weighted by molar-refractivity contribution is 4.94. The first-order valence-electron chi connectivity index (χ1n) is 7.21. The maximum Gasteiger partial charge on any atom is 0.0831 e. The van der Waals surface area contributed by atoms with Gasteiger partial charge in [-0.05, 0) is 32.4 Å². The maximum atomic E-state index is 9.93. The molecule has 0 spiro atoms. The number of rotatable bonds is 2. The van der Waals surface area contributed by atoms with Gasteiger partial charge in [-0.25, -0.2) is 0 Å². The summed E-state index contributed by atoms with van der Waals surface area (Å²) >= 11 is 0. The van der Waals surface area contributed by atoms with Crippen LogP contribution in [0.3, 0.4) is 0 Å². The molecule has 3 saturated heterocycles. The molecule has 0 aromatic heterocycles. The fourth-order valence-electron chi connectivity index (χ4n) is 3.67. The molecule has 3 atom stereocenters. The van der Waals surface area contributed by atoms with E-state index in [-0.39, 0.29) is 6.10 Å². The van der Waals surface area contributed by atoms with Crippen molar-refractivity contribution in [3.63, 3.8) is 0 Å². The van der Waals surface area contributed by atoms with Crippen LogP contribution in [0.25, 0.3) is 0 Å². The highest BCUT2D eigenvalue weighted by atomic mass is 16.3. The number of hydrogen-bond donors (Lipinski definition) is 2. The van der Waals surface area contributed by atoms with Crippen molar-refractivity contribution in [2.24, 2.45) is 0 Å². The summed E-state index contributed by atoms with van der Waals surface area (Å²) < 4.78 is 0. The van der Waals surface area contributed by atoms with Crippen LogP contribution in [0.2, 0.25) is 0 Å². The van der Waals surface area contributed by atoms with Crippen LogP contribution in [0.1, 0.15) is 25.7 Å². The van der Waals surface area contributed by atoms with Crippen molar-refractivity contribution >= 4 is 0 Å². The molecule has 3 rings (SSSR count). The fourth-order valence-corrected chi connectivity index (χ4v) is 3.67. The zero-order chi connectivity index (χ0) is 11.7. The molecule has 0 aliphatic carbocycles. The molecule has 0 aromatic carbocycles. The van der Waals surface area contributed by atoms with Crippen LogP contribution in [-0.2, 0) is 0 Å². The van der Waals surface area contributed by atoms with Gasteiger partial charge in [0, 0.05) is 38.3 Å². The van der Waals surface area contributed by atoms with E-state index in [1.807, 2.05) is 0 Å². The number of nitrogens with zero attached hydrogens (tertiary/aromatic N) is 2. The Morgan fingerprint density at radius 3 is 2.47 bits per heavy atom. The monoisotopic (exact) mass is 239 g/mol. The Kier molecular flexibility index (Phi) is 3.66. The second-order valence-corrected chi connectivity index (χ2v) is 5.83. The van der Waals surface area contributed by atoms with E-state index >= 15 is 0 Å². The summed E-state index contributed by atoms with van der Waals surface area (Å²) in [5.74, 6) is 0. The third-order valence-electron chi connectivity index (χ3n) is 4.72. The van der Waals surface area contributed by atoms with Gasteiger partial charge >= 0.3 is 0 Å². The number of nitrogens with one attached hydrogen (secondary N) is 1. The number of β-amino-alcohol motifs (C(OH)–C–C–N with tert-alkyl or cyclic N) is 1. The first-order chi connectivity index (χ1) is 8.34. The van der Waals surface area contributed by atoms with E-state index in [2.05, 4.69) is 15.1 Å². The van der Waals surface area contributed by atoms with Gasteiger partial charge < -0.3 is 10.4 Å². The minimum atomic E-state index is -0.157. The van der Waals surface area contributed by atoms with Crippen LogP contribution in [0, 0.1) is 0 Å². The van der Waals surface area contributed by atoms with Crippen molar-refractivity contribution in [3.05, 3.63) is 0 Å². The predicted molar refractivity (Wildman–Crippen MR) is 68.1 cm³/mol. The smallest absolute Gasteiger partial charge is 0.0831 e. The number of likely N-dealkylation sites (tertiary alicyclic amines) is 2. The molecular weight excluding hydrogens is 214 g/mol. The van der Waals surface area contributed by atoms with E-state index in [0.29, 0.717) is 6.04 Å².